The van der Waals surface area contributed by atoms with Gasteiger partial charge in [-0.05, 0) is 71.3 Å². The molecule has 2 aliphatic rings. The fraction of sp³-hybridized carbons (Fsp3) is 0.375. The predicted octanol–water partition coefficient (Wildman–Crippen LogP) is 6.04. The smallest absolute Gasteiger partial charge is 0.387 e. The van der Waals surface area contributed by atoms with Crippen LogP contribution in [0.15, 0.2) is 52.8 Å². The third-order valence-corrected chi connectivity index (χ3v) is 6.25. The zero-order chi connectivity index (χ0) is 21.8. The van der Waals surface area contributed by atoms with Gasteiger partial charge in [0.05, 0.1) is 7.11 Å². The van der Waals surface area contributed by atoms with Gasteiger partial charge in [-0.3, -0.25) is 4.79 Å². The average molecular weight is 446 g/mol. The number of hydrogen-bond donors (Lipinski definition) is 0. The number of rotatable bonds is 10. The van der Waals surface area contributed by atoms with Crippen molar-refractivity contribution in [2.45, 2.75) is 51.3 Å². The molecule has 1 heterocycles. The molecule has 2 aromatic rings. The lowest BCUT2D eigenvalue weighted by atomic mass is 10.1. The second-order valence-corrected chi connectivity index (χ2v) is 8.57. The van der Waals surface area contributed by atoms with Crippen LogP contribution in [0.25, 0.3) is 5.57 Å². The molecule has 0 N–H and O–H groups in total. The van der Waals surface area contributed by atoms with Crippen molar-refractivity contribution in [2.75, 3.05) is 7.11 Å². The van der Waals surface area contributed by atoms with Gasteiger partial charge in [0.15, 0.2) is 11.5 Å². The van der Waals surface area contributed by atoms with Crippen molar-refractivity contribution < 1.29 is 23.0 Å². The van der Waals surface area contributed by atoms with E-state index in [0.29, 0.717) is 13.0 Å². The Morgan fingerprint density at radius 2 is 2.10 bits per heavy atom. The maximum Gasteiger partial charge on any atom is 0.387 e. The first-order valence-corrected chi connectivity index (χ1v) is 11.3. The molecule has 0 aliphatic heterocycles. The van der Waals surface area contributed by atoms with Crippen LogP contribution >= 0.6 is 11.3 Å². The number of hydrogen-bond acceptors (Lipinski definition) is 4. The molecular formula is C24H25F2NO3S. The number of nitrogens with zero attached hydrogens (tertiary/aromatic N) is 1. The van der Waals surface area contributed by atoms with E-state index in [0.717, 1.165) is 31.2 Å². The third-order valence-electron chi connectivity index (χ3n) is 5.56. The van der Waals surface area contributed by atoms with Crippen molar-refractivity contribution in [3.63, 3.8) is 0 Å². The van der Waals surface area contributed by atoms with Crippen molar-refractivity contribution in [2.24, 2.45) is 0 Å². The lowest BCUT2D eigenvalue weighted by Crippen LogP contribution is -2.32. The summed E-state index contributed by atoms with van der Waals surface area (Å²) in [6.07, 6.45) is 8.53. The van der Waals surface area contributed by atoms with Crippen molar-refractivity contribution in [1.29, 1.82) is 0 Å². The first-order valence-electron chi connectivity index (χ1n) is 10.4. The van der Waals surface area contributed by atoms with Gasteiger partial charge in [-0.15, -0.1) is 0 Å². The minimum Gasteiger partial charge on any atom is -0.493 e. The summed E-state index contributed by atoms with van der Waals surface area (Å²) < 4.78 is 34.8. The predicted molar refractivity (Wildman–Crippen MR) is 117 cm³/mol. The Bertz CT molecular complexity index is 981. The highest BCUT2D eigenvalue weighted by Crippen LogP contribution is 2.34. The first kappa shape index (κ1) is 21.6. The number of amides is 1. The minimum atomic E-state index is -2.91. The molecule has 1 aromatic heterocycles. The van der Waals surface area contributed by atoms with Crippen LogP contribution < -0.4 is 9.47 Å². The summed E-state index contributed by atoms with van der Waals surface area (Å²) in [6, 6.07) is 7.21. The quantitative estimate of drug-likeness (QED) is 0.447. The van der Waals surface area contributed by atoms with Crippen molar-refractivity contribution in [3.8, 4) is 11.5 Å². The lowest BCUT2D eigenvalue weighted by molar-refractivity contribution is -0.132. The highest BCUT2D eigenvalue weighted by atomic mass is 32.1. The molecule has 1 fully saturated rings. The van der Waals surface area contributed by atoms with Crippen molar-refractivity contribution >= 4 is 22.8 Å². The first-order chi connectivity index (χ1) is 15.0. The number of halogens is 2. The maximum atomic E-state index is 13.0. The lowest BCUT2D eigenvalue weighted by Gasteiger charge is -2.23. The van der Waals surface area contributed by atoms with Crippen LogP contribution in [-0.2, 0) is 11.3 Å². The van der Waals surface area contributed by atoms with Crippen molar-refractivity contribution in [1.82, 2.24) is 4.90 Å². The number of methoxy groups -OCH3 is 1. The molecular weight excluding hydrogens is 420 g/mol. The zero-order valence-corrected chi connectivity index (χ0v) is 18.2. The molecule has 0 spiro atoms. The molecule has 4 rings (SSSR count). The number of allylic oxidation sites excluding steroid dienone is 4. The van der Waals surface area contributed by atoms with E-state index in [4.69, 9.17) is 4.74 Å². The van der Waals surface area contributed by atoms with Gasteiger partial charge in [-0.1, -0.05) is 23.8 Å². The van der Waals surface area contributed by atoms with Crippen LogP contribution in [0.4, 0.5) is 8.78 Å². The van der Waals surface area contributed by atoms with Crippen LogP contribution in [0.2, 0.25) is 0 Å². The Balaban J connectivity index is 1.37. The average Bonchev–Trinajstić information content (AvgIpc) is 3.24. The molecule has 0 bridgehead atoms. The van der Waals surface area contributed by atoms with Crippen LogP contribution in [-0.4, -0.2) is 30.6 Å². The molecule has 0 saturated heterocycles. The number of ether oxygens (including phenoxy) is 2. The van der Waals surface area contributed by atoms with E-state index >= 15 is 0 Å². The van der Waals surface area contributed by atoms with Gasteiger partial charge in [0.25, 0.3) is 0 Å². The molecule has 164 valence electrons. The molecule has 0 radical (unpaired) electrons. The Kier molecular flexibility index (Phi) is 6.70. The summed E-state index contributed by atoms with van der Waals surface area (Å²) in [6.45, 7) is -2.48. The van der Waals surface area contributed by atoms with Gasteiger partial charge < -0.3 is 14.4 Å². The van der Waals surface area contributed by atoms with Gasteiger partial charge >= 0.3 is 6.61 Å². The summed E-state index contributed by atoms with van der Waals surface area (Å²) in [5.41, 5.74) is 4.58. The Morgan fingerprint density at radius 1 is 1.26 bits per heavy atom. The summed E-state index contributed by atoms with van der Waals surface area (Å²) >= 11 is 1.68. The number of alkyl halides is 2. The highest BCUT2D eigenvalue weighted by molar-refractivity contribution is 7.08. The molecule has 31 heavy (non-hydrogen) atoms. The topological polar surface area (TPSA) is 38.8 Å². The SMILES string of the molecule is COc1cc(CN(C(=O)CCC2=CC(c3ccsc3)=CC2)C2CC2)ccc1OC(F)F. The highest BCUT2D eigenvalue weighted by Gasteiger charge is 2.32. The van der Waals surface area contributed by atoms with Gasteiger partial charge in [0.1, 0.15) is 0 Å². The molecule has 1 aromatic carbocycles. The van der Waals surface area contributed by atoms with Crippen LogP contribution in [0.3, 0.4) is 0 Å². The van der Waals surface area contributed by atoms with Crippen LogP contribution in [0.1, 0.15) is 43.2 Å². The molecule has 0 unspecified atom stereocenters. The third kappa shape index (κ3) is 5.53. The Morgan fingerprint density at radius 3 is 2.77 bits per heavy atom. The number of carbonyl (C=O) groups is 1. The standard InChI is InChI=1S/C24H25F2NO3S/c1-29-22-13-17(3-8-21(22)30-24(25)26)14-27(20-6-7-20)23(28)9-4-16-2-5-18(12-16)19-10-11-31-15-19/h3,5,8,10-13,15,20,24H,2,4,6-7,9,14H2,1H3. The fourth-order valence-electron chi connectivity index (χ4n) is 3.80. The summed E-state index contributed by atoms with van der Waals surface area (Å²) in [7, 11) is 1.41. The van der Waals surface area contributed by atoms with Crippen LogP contribution in [0, 0.1) is 0 Å². The van der Waals surface area contributed by atoms with E-state index in [2.05, 4.69) is 33.7 Å². The van der Waals surface area contributed by atoms with E-state index in [1.54, 1.807) is 23.5 Å². The van der Waals surface area contributed by atoms with Gasteiger partial charge in [-0.25, -0.2) is 0 Å². The van der Waals surface area contributed by atoms with Gasteiger partial charge in [0, 0.05) is 19.0 Å². The maximum absolute atomic E-state index is 13.0. The molecule has 1 saturated carbocycles. The molecule has 1 amide bonds. The number of carbonyl (C=O) groups excluding carboxylic acids is 1. The zero-order valence-electron chi connectivity index (χ0n) is 17.4. The monoisotopic (exact) mass is 445 g/mol. The number of benzene rings is 1. The second-order valence-electron chi connectivity index (χ2n) is 7.79. The molecule has 7 heteroatoms. The fourth-order valence-corrected chi connectivity index (χ4v) is 4.47. The molecule has 4 nitrogen and oxygen atoms in total. The Hall–Kier alpha value is -2.67. The largest absolute Gasteiger partial charge is 0.493 e. The summed E-state index contributed by atoms with van der Waals surface area (Å²) in [5, 5.41) is 4.21. The Labute approximate surface area is 184 Å². The second kappa shape index (κ2) is 9.64. The van der Waals surface area contributed by atoms with E-state index in [1.807, 2.05) is 4.90 Å². The normalized spacial score (nSPS) is 15.6. The van der Waals surface area contributed by atoms with E-state index in [1.165, 1.54) is 29.9 Å². The van der Waals surface area contributed by atoms with Gasteiger partial charge in [0.2, 0.25) is 5.91 Å². The minimum absolute atomic E-state index is 0.00681. The van der Waals surface area contributed by atoms with Crippen molar-refractivity contribution in [3.05, 3.63) is 63.9 Å². The molecule has 0 atom stereocenters. The van der Waals surface area contributed by atoms with E-state index in [9.17, 15) is 13.6 Å². The summed E-state index contributed by atoms with van der Waals surface area (Å²) in [4.78, 5) is 14.9. The van der Waals surface area contributed by atoms with E-state index < -0.39 is 6.61 Å². The van der Waals surface area contributed by atoms with E-state index in [-0.39, 0.29) is 23.4 Å². The number of thiophene rings is 1. The van der Waals surface area contributed by atoms with Gasteiger partial charge in [-0.2, -0.15) is 20.1 Å². The molecule has 2 aliphatic carbocycles. The summed E-state index contributed by atoms with van der Waals surface area (Å²) in [5.74, 6) is 0.357. The van der Waals surface area contributed by atoms with Crippen LogP contribution in [0.5, 0.6) is 11.5 Å².